The monoisotopic (exact) mass is 286 g/mol. The van der Waals surface area contributed by atoms with E-state index in [1.165, 1.54) is 6.07 Å². The van der Waals surface area contributed by atoms with Crippen LogP contribution in [0.5, 0.6) is 0 Å². The highest BCUT2D eigenvalue weighted by atomic mass is 79.9. The Kier molecular flexibility index (Phi) is 3.69. The maximum atomic E-state index is 13.1. The van der Waals surface area contributed by atoms with Crippen LogP contribution in [0.2, 0.25) is 0 Å². The standard InChI is InChI=1S/C8H7BrF4N2/c9-4-1-2-6(10)5(3-4)7(15-14)8(11,12)13/h1-3,7,15H,14H2. The third-order valence-corrected chi connectivity index (χ3v) is 2.26. The van der Waals surface area contributed by atoms with E-state index in [0.29, 0.717) is 4.47 Å². The molecule has 0 bridgehead atoms. The lowest BCUT2D eigenvalue weighted by Crippen LogP contribution is -2.39. The van der Waals surface area contributed by atoms with Gasteiger partial charge in [-0.3, -0.25) is 5.84 Å². The molecule has 0 aliphatic rings. The molecule has 0 saturated heterocycles. The Morgan fingerprint density at radius 1 is 1.33 bits per heavy atom. The van der Waals surface area contributed by atoms with Gasteiger partial charge in [-0.1, -0.05) is 15.9 Å². The fourth-order valence-electron chi connectivity index (χ4n) is 1.10. The fraction of sp³-hybridized carbons (Fsp3) is 0.250. The molecule has 0 fully saturated rings. The first kappa shape index (κ1) is 12.4. The number of hydrogen-bond acceptors (Lipinski definition) is 2. The van der Waals surface area contributed by atoms with E-state index in [2.05, 4.69) is 15.9 Å². The molecule has 3 N–H and O–H groups in total. The summed E-state index contributed by atoms with van der Waals surface area (Å²) in [6.45, 7) is 0. The zero-order chi connectivity index (χ0) is 11.6. The first-order valence-corrected chi connectivity index (χ1v) is 4.63. The van der Waals surface area contributed by atoms with Crippen LogP contribution >= 0.6 is 15.9 Å². The summed E-state index contributed by atoms with van der Waals surface area (Å²) in [5, 5.41) is 0. The zero-order valence-electron chi connectivity index (χ0n) is 7.28. The van der Waals surface area contributed by atoms with Crippen LogP contribution in [-0.4, -0.2) is 6.18 Å². The van der Waals surface area contributed by atoms with E-state index < -0.39 is 23.6 Å². The summed E-state index contributed by atoms with van der Waals surface area (Å²) in [5.74, 6) is 3.80. The zero-order valence-corrected chi connectivity index (χ0v) is 8.86. The summed E-state index contributed by atoms with van der Waals surface area (Å²) >= 11 is 2.96. The van der Waals surface area contributed by atoms with Crippen LogP contribution < -0.4 is 11.3 Å². The van der Waals surface area contributed by atoms with Gasteiger partial charge in [0.15, 0.2) is 0 Å². The minimum Gasteiger partial charge on any atom is -0.271 e. The molecule has 2 nitrogen and oxygen atoms in total. The van der Waals surface area contributed by atoms with Gasteiger partial charge in [-0.15, -0.1) is 0 Å². The van der Waals surface area contributed by atoms with Gasteiger partial charge in [-0.05, 0) is 18.2 Å². The average molecular weight is 287 g/mol. The van der Waals surface area contributed by atoms with Crippen molar-refractivity contribution in [1.82, 2.24) is 5.43 Å². The normalized spacial score (nSPS) is 14.0. The number of hydrogen-bond donors (Lipinski definition) is 2. The predicted molar refractivity (Wildman–Crippen MR) is 50.2 cm³/mol. The van der Waals surface area contributed by atoms with Crippen LogP contribution in [0.1, 0.15) is 11.6 Å². The van der Waals surface area contributed by atoms with E-state index in [1.54, 1.807) is 5.43 Å². The van der Waals surface area contributed by atoms with E-state index in [0.717, 1.165) is 12.1 Å². The Labute approximate surface area is 91.6 Å². The number of nitrogens with two attached hydrogens (primary N) is 1. The minimum atomic E-state index is -4.64. The van der Waals surface area contributed by atoms with Crippen LogP contribution in [0, 0.1) is 5.82 Å². The number of benzene rings is 1. The van der Waals surface area contributed by atoms with E-state index in [-0.39, 0.29) is 0 Å². The summed E-state index contributed by atoms with van der Waals surface area (Å²) in [7, 11) is 0. The summed E-state index contributed by atoms with van der Waals surface area (Å²) in [6.07, 6.45) is -4.64. The van der Waals surface area contributed by atoms with Crippen LogP contribution in [0.3, 0.4) is 0 Å². The van der Waals surface area contributed by atoms with Crippen LogP contribution in [0.4, 0.5) is 17.6 Å². The van der Waals surface area contributed by atoms with Crippen molar-refractivity contribution in [3.05, 3.63) is 34.1 Å². The van der Waals surface area contributed by atoms with Gasteiger partial charge in [0.05, 0.1) is 0 Å². The maximum absolute atomic E-state index is 13.1. The van der Waals surface area contributed by atoms with Crippen molar-refractivity contribution in [2.24, 2.45) is 5.84 Å². The molecule has 1 aromatic rings. The first-order valence-electron chi connectivity index (χ1n) is 3.84. The first-order chi connectivity index (χ1) is 6.86. The van der Waals surface area contributed by atoms with Crippen molar-refractivity contribution in [2.75, 3.05) is 0 Å². The topological polar surface area (TPSA) is 38.0 Å². The van der Waals surface area contributed by atoms with Gasteiger partial charge in [-0.2, -0.15) is 13.2 Å². The summed E-state index contributed by atoms with van der Waals surface area (Å²) in [4.78, 5) is 0. The van der Waals surface area contributed by atoms with Crippen molar-refractivity contribution in [1.29, 1.82) is 0 Å². The molecule has 0 aliphatic carbocycles. The predicted octanol–water partition coefficient (Wildman–Crippen LogP) is 2.65. The van der Waals surface area contributed by atoms with Gasteiger partial charge in [-0.25, -0.2) is 9.82 Å². The fourth-order valence-corrected chi connectivity index (χ4v) is 1.48. The molecular weight excluding hydrogens is 280 g/mol. The van der Waals surface area contributed by atoms with Crippen molar-refractivity contribution in [2.45, 2.75) is 12.2 Å². The lowest BCUT2D eigenvalue weighted by Gasteiger charge is -2.20. The summed E-state index contributed by atoms with van der Waals surface area (Å²) in [5.41, 5.74) is 0.998. The third kappa shape index (κ3) is 2.90. The molecule has 15 heavy (non-hydrogen) atoms. The average Bonchev–Trinajstić information content (AvgIpc) is 2.10. The highest BCUT2D eigenvalue weighted by Crippen LogP contribution is 2.34. The van der Waals surface area contributed by atoms with Crippen molar-refractivity contribution >= 4 is 15.9 Å². The second-order valence-electron chi connectivity index (χ2n) is 2.81. The second kappa shape index (κ2) is 4.46. The highest BCUT2D eigenvalue weighted by molar-refractivity contribution is 9.10. The van der Waals surface area contributed by atoms with Crippen molar-refractivity contribution < 1.29 is 17.6 Å². The lowest BCUT2D eigenvalue weighted by atomic mass is 10.1. The SMILES string of the molecule is NNC(c1cc(Br)ccc1F)C(F)(F)F. The van der Waals surface area contributed by atoms with Gasteiger partial charge in [0, 0.05) is 10.0 Å². The molecule has 0 heterocycles. The number of hydrazine groups is 1. The molecule has 0 radical (unpaired) electrons. The lowest BCUT2D eigenvalue weighted by molar-refractivity contribution is -0.158. The van der Waals surface area contributed by atoms with Crippen molar-refractivity contribution in [3.63, 3.8) is 0 Å². The van der Waals surface area contributed by atoms with Crippen LogP contribution in [0.25, 0.3) is 0 Å². The Morgan fingerprint density at radius 3 is 2.40 bits per heavy atom. The van der Waals surface area contributed by atoms with Gasteiger partial charge in [0.2, 0.25) is 0 Å². The Hall–Kier alpha value is -0.660. The number of halogens is 5. The van der Waals surface area contributed by atoms with E-state index in [1.807, 2.05) is 0 Å². The molecule has 84 valence electrons. The summed E-state index contributed by atoms with van der Waals surface area (Å²) < 4.78 is 50.7. The van der Waals surface area contributed by atoms with Crippen LogP contribution in [-0.2, 0) is 0 Å². The van der Waals surface area contributed by atoms with Gasteiger partial charge in [0.25, 0.3) is 0 Å². The van der Waals surface area contributed by atoms with E-state index >= 15 is 0 Å². The molecule has 0 saturated carbocycles. The molecule has 1 atom stereocenters. The third-order valence-electron chi connectivity index (χ3n) is 1.76. The van der Waals surface area contributed by atoms with Gasteiger partial charge in [0.1, 0.15) is 11.9 Å². The van der Waals surface area contributed by atoms with Gasteiger partial charge < -0.3 is 0 Å². The van der Waals surface area contributed by atoms with Crippen molar-refractivity contribution in [3.8, 4) is 0 Å². The molecular formula is C8H7BrF4N2. The molecule has 1 rings (SSSR count). The smallest absolute Gasteiger partial charge is 0.271 e. The molecule has 0 aromatic heterocycles. The number of rotatable bonds is 2. The molecule has 1 aromatic carbocycles. The maximum Gasteiger partial charge on any atom is 0.409 e. The number of alkyl halides is 3. The Bertz CT molecular complexity index is 353. The quantitative estimate of drug-likeness (QED) is 0.498. The molecule has 7 heteroatoms. The van der Waals surface area contributed by atoms with E-state index in [9.17, 15) is 17.6 Å². The molecule has 0 spiro atoms. The highest BCUT2D eigenvalue weighted by Gasteiger charge is 2.41. The van der Waals surface area contributed by atoms with Gasteiger partial charge >= 0.3 is 6.18 Å². The van der Waals surface area contributed by atoms with Crippen LogP contribution in [0.15, 0.2) is 22.7 Å². The Morgan fingerprint density at radius 2 is 1.93 bits per heavy atom. The molecule has 1 unspecified atom stereocenters. The minimum absolute atomic E-state index is 0.350. The Balaban J connectivity index is 3.18. The largest absolute Gasteiger partial charge is 0.409 e. The van der Waals surface area contributed by atoms with E-state index in [4.69, 9.17) is 5.84 Å². The molecule has 0 aliphatic heterocycles. The second-order valence-corrected chi connectivity index (χ2v) is 3.72. The molecule has 0 amide bonds. The number of nitrogens with one attached hydrogen (secondary N) is 1. The summed E-state index contributed by atoms with van der Waals surface area (Å²) in [6, 6.07) is 1.07.